The van der Waals surface area contributed by atoms with E-state index >= 15 is 0 Å². The summed E-state index contributed by atoms with van der Waals surface area (Å²) < 4.78 is 5.17. The van der Waals surface area contributed by atoms with Crippen molar-refractivity contribution in [1.29, 1.82) is 0 Å². The van der Waals surface area contributed by atoms with Gasteiger partial charge in [0.1, 0.15) is 5.75 Å². The molecule has 2 aromatic rings. The molecule has 3 heteroatoms. The van der Waals surface area contributed by atoms with Crippen LogP contribution in [0, 0.1) is 6.92 Å². The molecule has 2 rings (SSSR count). The van der Waals surface area contributed by atoms with Crippen molar-refractivity contribution in [2.24, 2.45) is 5.84 Å². The quantitative estimate of drug-likeness (QED) is 0.607. The Morgan fingerprint density at radius 1 is 1.00 bits per heavy atom. The Balaban J connectivity index is 1.88. The van der Waals surface area contributed by atoms with Gasteiger partial charge in [-0.25, -0.2) is 0 Å². The molecule has 0 radical (unpaired) electrons. The lowest BCUT2D eigenvalue weighted by Crippen LogP contribution is -2.37. The first-order valence-electron chi connectivity index (χ1n) is 7.36. The number of aryl methyl sites for hydroxylation is 2. The van der Waals surface area contributed by atoms with E-state index in [9.17, 15) is 0 Å². The zero-order valence-corrected chi connectivity index (χ0v) is 12.8. The zero-order chi connectivity index (χ0) is 15.1. The van der Waals surface area contributed by atoms with Gasteiger partial charge in [-0.2, -0.15) is 0 Å². The number of methoxy groups -OCH3 is 1. The van der Waals surface area contributed by atoms with E-state index in [0.29, 0.717) is 0 Å². The second kappa shape index (κ2) is 7.81. The van der Waals surface area contributed by atoms with E-state index in [-0.39, 0.29) is 6.04 Å². The Morgan fingerprint density at radius 3 is 2.19 bits per heavy atom. The Bertz CT molecular complexity index is 534. The molecule has 0 fully saturated rings. The van der Waals surface area contributed by atoms with Gasteiger partial charge >= 0.3 is 0 Å². The fraction of sp³-hybridized carbons (Fsp3) is 0.333. The lowest BCUT2D eigenvalue weighted by Gasteiger charge is -2.16. The van der Waals surface area contributed by atoms with Crippen LogP contribution in [0.5, 0.6) is 5.75 Å². The molecule has 112 valence electrons. The average molecular weight is 284 g/mol. The van der Waals surface area contributed by atoms with E-state index in [1.54, 1.807) is 7.11 Å². The van der Waals surface area contributed by atoms with Gasteiger partial charge in [-0.1, -0.05) is 42.0 Å². The highest BCUT2D eigenvalue weighted by Gasteiger charge is 2.08. The number of nitrogens with one attached hydrogen (secondary N) is 1. The Labute approximate surface area is 127 Å². The smallest absolute Gasteiger partial charge is 0.118 e. The third kappa shape index (κ3) is 4.88. The third-order valence-electron chi connectivity index (χ3n) is 3.78. The summed E-state index contributed by atoms with van der Waals surface area (Å²) >= 11 is 0. The first-order chi connectivity index (χ1) is 10.2. The van der Waals surface area contributed by atoms with E-state index in [0.717, 1.165) is 25.0 Å². The van der Waals surface area contributed by atoms with Gasteiger partial charge in [-0.15, -0.1) is 0 Å². The molecule has 0 aliphatic rings. The molecule has 0 saturated carbocycles. The summed E-state index contributed by atoms with van der Waals surface area (Å²) in [7, 11) is 1.69. The van der Waals surface area contributed by atoms with Crippen LogP contribution < -0.4 is 16.0 Å². The second-order valence-electron chi connectivity index (χ2n) is 5.44. The molecule has 1 unspecified atom stereocenters. The fourth-order valence-corrected chi connectivity index (χ4v) is 2.39. The highest BCUT2D eigenvalue weighted by Crippen LogP contribution is 2.14. The van der Waals surface area contributed by atoms with Crippen molar-refractivity contribution in [2.75, 3.05) is 7.11 Å². The van der Waals surface area contributed by atoms with Crippen molar-refractivity contribution in [3.8, 4) is 5.75 Å². The monoisotopic (exact) mass is 284 g/mol. The van der Waals surface area contributed by atoms with E-state index in [2.05, 4.69) is 48.7 Å². The fourth-order valence-electron chi connectivity index (χ4n) is 2.39. The molecule has 0 saturated heterocycles. The largest absolute Gasteiger partial charge is 0.497 e. The van der Waals surface area contributed by atoms with Crippen LogP contribution in [0.1, 0.15) is 23.1 Å². The number of rotatable bonds is 7. The SMILES string of the molecule is COc1ccc(CCC(Cc2ccc(C)cc2)NN)cc1. The molecule has 0 aromatic heterocycles. The standard InChI is InChI=1S/C18H24N2O/c1-14-3-5-16(6-4-14)13-17(20-19)10-7-15-8-11-18(21-2)12-9-15/h3-6,8-9,11-12,17,20H,7,10,13,19H2,1-2H3. The predicted molar refractivity (Wildman–Crippen MR) is 87.3 cm³/mol. The average Bonchev–Trinajstić information content (AvgIpc) is 2.53. The van der Waals surface area contributed by atoms with Crippen LogP contribution in [-0.2, 0) is 12.8 Å². The van der Waals surface area contributed by atoms with Crippen LogP contribution in [0.2, 0.25) is 0 Å². The summed E-state index contributed by atoms with van der Waals surface area (Å²) in [5, 5.41) is 0. The van der Waals surface area contributed by atoms with Gasteiger partial charge in [0.15, 0.2) is 0 Å². The molecular formula is C18H24N2O. The molecule has 0 spiro atoms. The number of nitrogens with two attached hydrogens (primary N) is 1. The van der Waals surface area contributed by atoms with E-state index < -0.39 is 0 Å². The molecular weight excluding hydrogens is 260 g/mol. The highest BCUT2D eigenvalue weighted by atomic mass is 16.5. The summed E-state index contributed by atoms with van der Waals surface area (Å²) in [6, 6.07) is 17.1. The maximum absolute atomic E-state index is 5.69. The number of ether oxygens (including phenoxy) is 1. The molecule has 1 atom stereocenters. The number of benzene rings is 2. The van der Waals surface area contributed by atoms with Crippen molar-refractivity contribution in [1.82, 2.24) is 5.43 Å². The number of hydrazine groups is 1. The van der Waals surface area contributed by atoms with Gasteiger partial charge < -0.3 is 4.74 Å². The maximum Gasteiger partial charge on any atom is 0.118 e. The summed E-state index contributed by atoms with van der Waals surface area (Å²) in [4.78, 5) is 0. The predicted octanol–water partition coefficient (Wildman–Crippen LogP) is 3.01. The van der Waals surface area contributed by atoms with Gasteiger partial charge in [-0.3, -0.25) is 11.3 Å². The summed E-state index contributed by atoms with van der Waals surface area (Å²) in [5.74, 6) is 6.59. The molecule has 0 amide bonds. The van der Waals surface area contributed by atoms with Gasteiger partial charge in [0.2, 0.25) is 0 Å². The Morgan fingerprint density at radius 2 is 1.62 bits per heavy atom. The minimum absolute atomic E-state index is 0.287. The van der Waals surface area contributed by atoms with Crippen LogP contribution in [0.25, 0.3) is 0 Å². The Kier molecular flexibility index (Phi) is 5.78. The van der Waals surface area contributed by atoms with E-state index in [4.69, 9.17) is 10.6 Å². The van der Waals surface area contributed by atoms with Crippen molar-refractivity contribution < 1.29 is 4.74 Å². The molecule has 0 aliphatic heterocycles. The topological polar surface area (TPSA) is 47.3 Å². The van der Waals surface area contributed by atoms with Crippen LogP contribution in [0.3, 0.4) is 0 Å². The van der Waals surface area contributed by atoms with Gasteiger partial charge in [-0.05, 0) is 49.4 Å². The lowest BCUT2D eigenvalue weighted by atomic mass is 9.99. The normalized spacial score (nSPS) is 12.1. The first-order valence-corrected chi connectivity index (χ1v) is 7.36. The van der Waals surface area contributed by atoms with Crippen molar-refractivity contribution in [3.05, 3.63) is 65.2 Å². The van der Waals surface area contributed by atoms with E-state index in [1.807, 2.05) is 12.1 Å². The number of hydrogen-bond donors (Lipinski definition) is 2. The minimum atomic E-state index is 0.287. The zero-order valence-electron chi connectivity index (χ0n) is 12.8. The van der Waals surface area contributed by atoms with Crippen molar-refractivity contribution >= 4 is 0 Å². The number of hydrogen-bond acceptors (Lipinski definition) is 3. The molecule has 0 aliphatic carbocycles. The molecule has 0 heterocycles. The van der Waals surface area contributed by atoms with Crippen LogP contribution in [-0.4, -0.2) is 13.2 Å². The highest BCUT2D eigenvalue weighted by molar-refractivity contribution is 5.27. The Hall–Kier alpha value is -1.84. The summed E-state index contributed by atoms with van der Waals surface area (Å²) in [6.07, 6.45) is 2.97. The van der Waals surface area contributed by atoms with Crippen LogP contribution >= 0.6 is 0 Å². The van der Waals surface area contributed by atoms with Gasteiger partial charge in [0.05, 0.1) is 7.11 Å². The van der Waals surface area contributed by atoms with Crippen LogP contribution in [0.15, 0.2) is 48.5 Å². The van der Waals surface area contributed by atoms with Crippen LogP contribution in [0.4, 0.5) is 0 Å². The molecule has 3 N–H and O–H groups in total. The summed E-state index contributed by atoms with van der Waals surface area (Å²) in [5.41, 5.74) is 6.84. The maximum atomic E-state index is 5.69. The van der Waals surface area contributed by atoms with E-state index in [1.165, 1.54) is 16.7 Å². The first kappa shape index (κ1) is 15.5. The van der Waals surface area contributed by atoms with Crippen molar-refractivity contribution in [3.63, 3.8) is 0 Å². The minimum Gasteiger partial charge on any atom is -0.497 e. The lowest BCUT2D eigenvalue weighted by molar-refractivity contribution is 0.414. The molecule has 2 aromatic carbocycles. The molecule has 0 bridgehead atoms. The van der Waals surface area contributed by atoms with Crippen molar-refractivity contribution in [2.45, 2.75) is 32.2 Å². The second-order valence-corrected chi connectivity index (χ2v) is 5.44. The summed E-state index contributed by atoms with van der Waals surface area (Å²) in [6.45, 7) is 2.10. The molecule has 3 nitrogen and oxygen atoms in total. The van der Waals surface area contributed by atoms with Gasteiger partial charge in [0.25, 0.3) is 0 Å². The van der Waals surface area contributed by atoms with Gasteiger partial charge in [0, 0.05) is 6.04 Å². The third-order valence-corrected chi connectivity index (χ3v) is 3.78. The molecule has 21 heavy (non-hydrogen) atoms.